The van der Waals surface area contributed by atoms with Gasteiger partial charge in [-0.05, 0) is 25.7 Å². The van der Waals surface area contributed by atoms with Crippen LogP contribution in [0.1, 0.15) is 32.1 Å². The van der Waals surface area contributed by atoms with Crippen LogP contribution in [0, 0.1) is 0 Å². The molecule has 2 rings (SSSR count). The van der Waals surface area contributed by atoms with Gasteiger partial charge in [0.1, 0.15) is 6.10 Å². The molecule has 0 saturated carbocycles. The molecular formula is C11H17NO4. The number of carbonyl (C=O) groups is 2. The molecule has 2 atom stereocenters. The number of carboxylic acids is 1. The number of hydrogen-bond acceptors (Lipinski definition) is 3. The van der Waals surface area contributed by atoms with E-state index in [-0.39, 0.29) is 24.5 Å². The van der Waals surface area contributed by atoms with E-state index in [0.29, 0.717) is 13.2 Å². The van der Waals surface area contributed by atoms with E-state index in [2.05, 4.69) is 0 Å². The van der Waals surface area contributed by atoms with Crippen molar-refractivity contribution in [1.29, 1.82) is 0 Å². The van der Waals surface area contributed by atoms with Crippen molar-refractivity contribution in [3.05, 3.63) is 0 Å². The minimum atomic E-state index is -0.836. The monoisotopic (exact) mass is 227 g/mol. The van der Waals surface area contributed by atoms with Crippen LogP contribution < -0.4 is 0 Å². The van der Waals surface area contributed by atoms with E-state index in [1.165, 1.54) is 0 Å². The second-order valence-corrected chi connectivity index (χ2v) is 4.43. The lowest BCUT2D eigenvalue weighted by Gasteiger charge is -2.25. The molecule has 1 N–H and O–H groups in total. The fourth-order valence-corrected chi connectivity index (χ4v) is 2.50. The zero-order chi connectivity index (χ0) is 11.5. The Morgan fingerprint density at radius 2 is 2.12 bits per heavy atom. The van der Waals surface area contributed by atoms with Gasteiger partial charge in [-0.1, -0.05) is 0 Å². The normalized spacial score (nSPS) is 29.6. The van der Waals surface area contributed by atoms with Gasteiger partial charge >= 0.3 is 5.97 Å². The third-order valence-corrected chi connectivity index (χ3v) is 3.28. The molecule has 0 aromatic carbocycles. The Kier molecular flexibility index (Phi) is 3.43. The number of carbonyl (C=O) groups excluding carboxylic acids is 1. The lowest BCUT2D eigenvalue weighted by Crippen LogP contribution is -2.42. The van der Waals surface area contributed by atoms with Gasteiger partial charge in [-0.15, -0.1) is 0 Å². The van der Waals surface area contributed by atoms with Gasteiger partial charge in [0.15, 0.2) is 0 Å². The summed E-state index contributed by atoms with van der Waals surface area (Å²) in [6, 6.07) is -0.130. The highest BCUT2D eigenvalue weighted by Gasteiger charge is 2.35. The lowest BCUT2D eigenvalue weighted by molar-refractivity contribution is -0.144. The van der Waals surface area contributed by atoms with Crippen LogP contribution in [0.3, 0.4) is 0 Å². The van der Waals surface area contributed by atoms with Gasteiger partial charge in [0.05, 0.1) is 6.42 Å². The highest BCUT2D eigenvalue weighted by atomic mass is 16.5. The van der Waals surface area contributed by atoms with Crippen molar-refractivity contribution in [2.45, 2.75) is 44.2 Å². The van der Waals surface area contributed by atoms with Crippen molar-refractivity contribution in [1.82, 2.24) is 4.90 Å². The number of amides is 1. The molecule has 5 nitrogen and oxygen atoms in total. The molecule has 2 unspecified atom stereocenters. The summed E-state index contributed by atoms with van der Waals surface area (Å²) in [5.41, 5.74) is 0. The quantitative estimate of drug-likeness (QED) is 0.768. The molecule has 2 saturated heterocycles. The summed E-state index contributed by atoms with van der Waals surface area (Å²) in [6.45, 7) is 1.32. The number of carboxylic acid groups (broad SMARTS) is 1. The van der Waals surface area contributed by atoms with E-state index in [4.69, 9.17) is 9.84 Å². The maximum Gasteiger partial charge on any atom is 0.305 e. The molecule has 0 radical (unpaired) electrons. The van der Waals surface area contributed by atoms with Gasteiger partial charge in [-0.2, -0.15) is 0 Å². The topological polar surface area (TPSA) is 66.8 Å². The largest absolute Gasteiger partial charge is 0.481 e. The molecule has 0 aliphatic carbocycles. The van der Waals surface area contributed by atoms with Crippen molar-refractivity contribution in [3.8, 4) is 0 Å². The number of nitrogens with zero attached hydrogens (tertiary/aromatic N) is 1. The third-order valence-electron chi connectivity index (χ3n) is 3.28. The predicted octanol–water partition coefficient (Wildman–Crippen LogP) is 0.631. The van der Waals surface area contributed by atoms with E-state index in [0.717, 1.165) is 25.7 Å². The molecule has 0 bridgehead atoms. The molecule has 2 aliphatic heterocycles. The van der Waals surface area contributed by atoms with Crippen LogP contribution in [-0.2, 0) is 14.3 Å². The molecule has 2 fully saturated rings. The lowest BCUT2D eigenvalue weighted by atomic mass is 10.1. The van der Waals surface area contributed by atoms with Crippen LogP contribution >= 0.6 is 0 Å². The average Bonchev–Trinajstić information content (AvgIpc) is 2.84. The number of hydrogen-bond donors (Lipinski definition) is 1. The Labute approximate surface area is 94.4 Å². The second-order valence-electron chi connectivity index (χ2n) is 4.43. The summed E-state index contributed by atoms with van der Waals surface area (Å²) in [4.78, 5) is 24.4. The van der Waals surface area contributed by atoms with E-state index in [1.54, 1.807) is 4.90 Å². The first-order valence-electron chi connectivity index (χ1n) is 5.82. The summed E-state index contributed by atoms with van der Waals surface area (Å²) in [5, 5.41) is 8.77. The maximum absolute atomic E-state index is 12.0. The molecule has 0 aromatic rings. The summed E-state index contributed by atoms with van der Waals surface area (Å²) in [5.74, 6) is -0.849. The van der Waals surface area contributed by atoms with Crippen LogP contribution in [0.2, 0.25) is 0 Å². The summed E-state index contributed by atoms with van der Waals surface area (Å²) in [7, 11) is 0. The van der Waals surface area contributed by atoms with Crippen molar-refractivity contribution in [2.75, 3.05) is 13.2 Å². The molecule has 16 heavy (non-hydrogen) atoms. The summed E-state index contributed by atoms with van der Waals surface area (Å²) >= 11 is 0. The van der Waals surface area contributed by atoms with Crippen molar-refractivity contribution < 1.29 is 19.4 Å². The van der Waals surface area contributed by atoms with Crippen molar-refractivity contribution >= 4 is 11.9 Å². The van der Waals surface area contributed by atoms with Gasteiger partial charge in [0.2, 0.25) is 0 Å². The number of likely N-dealkylation sites (tertiary alicyclic amines) is 1. The molecule has 0 aromatic heterocycles. The Hall–Kier alpha value is -1.10. The number of ether oxygens (including phenoxy) is 1. The van der Waals surface area contributed by atoms with Gasteiger partial charge in [-0.25, -0.2) is 0 Å². The van der Waals surface area contributed by atoms with Crippen LogP contribution in [0.15, 0.2) is 0 Å². The smallest absolute Gasteiger partial charge is 0.305 e. The minimum Gasteiger partial charge on any atom is -0.481 e. The molecule has 0 spiro atoms. The molecule has 5 heteroatoms. The van der Waals surface area contributed by atoms with Gasteiger partial charge in [0, 0.05) is 19.2 Å². The first-order valence-corrected chi connectivity index (χ1v) is 5.82. The molecule has 2 heterocycles. The number of aliphatic carboxylic acids is 1. The zero-order valence-corrected chi connectivity index (χ0v) is 9.22. The van der Waals surface area contributed by atoms with Crippen molar-refractivity contribution in [3.63, 3.8) is 0 Å². The fourth-order valence-electron chi connectivity index (χ4n) is 2.50. The molecular weight excluding hydrogens is 210 g/mol. The van der Waals surface area contributed by atoms with Crippen LogP contribution in [0.4, 0.5) is 0 Å². The Bertz CT molecular complexity index is 286. The zero-order valence-electron chi connectivity index (χ0n) is 9.22. The first kappa shape index (κ1) is 11.4. The highest BCUT2D eigenvalue weighted by molar-refractivity contribution is 5.82. The van der Waals surface area contributed by atoms with Gasteiger partial charge in [-0.3, -0.25) is 9.59 Å². The highest BCUT2D eigenvalue weighted by Crippen LogP contribution is 2.24. The Balaban J connectivity index is 1.95. The van der Waals surface area contributed by atoms with Crippen LogP contribution in [0.5, 0.6) is 0 Å². The van der Waals surface area contributed by atoms with E-state index < -0.39 is 5.97 Å². The van der Waals surface area contributed by atoms with Gasteiger partial charge in [0.25, 0.3) is 5.91 Å². The molecule has 1 amide bonds. The van der Waals surface area contributed by atoms with Crippen LogP contribution in [-0.4, -0.2) is 47.2 Å². The SMILES string of the molecule is O=C(O)CC1CCCN1C(=O)C1CCCO1. The summed E-state index contributed by atoms with van der Waals surface area (Å²) in [6.07, 6.45) is 3.12. The Morgan fingerprint density at radius 1 is 1.31 bits per heavy atom. The first-order chi connectivity index (χ1) is 7.68. The Morgan fingerprint density at radius 3 is 2.75 bits per heavy atom. The molecule has 2 aliphatic rings. The van der Waals surface area contributed by atoms with Crippen molar-refractivity contribution in [2.24, 2.45) is 0 Å². The van der Waals surface area contributed by atoms with E-state index in [9.17, 15) is 9.59 Å². The maximum atomic E-state index is 12.0. The second kappa shape index (κ2) is 4.82. The predicted molar refractivity (Wildman–Crippen MR) is 56.0 cm³/mol. The third kappa shape index (κ3) is 2.35. The van der Waals surface area contributed by atoms with E-state index in [1.807, 2.05) is 0 Å². The van der Waals surface area contributed by atoms with Gasteiger partial charge < -0.3 is 14.7 Å². The number of rotatable bonds is 3. The fraction of sp³-hybridized carbons (Fsp3) is 0.818. The standard InChI is InChI=1S/C11H17NO4/c13-10(14)7-8-3-1-5-12(8)11(15)9-4-2-6-16-9/h8-9H,1-7H2,(H,13,14). The van der Waals surface area contributed by atoms with E-state index >= 15 is 0 Å². The average molecular weight is 227 g/mol. The molecule has 90 valence electrons. The summed E-state index contributed by atoms with van der Waals surface area (Å²) < 4.78 is 5.34. The van der Waals surface area contributed by atoms with Crippen LogP contribution in [0.25, 0.3) is 0 Å². The minimum absolute atomic E-state index is 0.0127.